The van der Waals surface area contributed by atoms with Crippen molar-refractivity contribution in [3.05, 3.63) is 24.3 Å². The lowest BCUT2D eigenvalue weighted by atomic mass is 10.1. The first-order valence-electron chi connectivity index (χ1n) is 8.63. The summed E-state index contributed by atoms with van der Waals surface area (Å²) in [6.45, 7) is 2.17. The van der Waals surface area contributed by atoms with E-state index in [1.807, 2.05) is 12.1 Å². The van der Waals surface area contributed by atoms with E-state index < -0.39 is 0 Å². The van der Waals surface area contributed by atoms with E-state index in [0.717, 1.165) is 31.6 Å². The third kappa shape index (κ3) is 4.71. The smallest absolute Gasteiger partial charge is 0.243 e. The van der Waals surface area contributed by atoms with E-state index in [9.17, 15) is 9.59 Å². The average molecular weight is 332 g/mol. The van der Waals surface area contributed by atoms with Crippen molar-refractivity contribution < 1.29 is 19.1 Å². The van der Waals surface area contributed by atoms with Gasteiger partial charge in [0.05, 0.1) is 12.6 Å². The number of amides is 2. The first-order valence-corrected chi connectivity index (χ1v) is 8.63. The number of ether oxygens (including phenoxy) is 2. The van der Waals surface area contributed by atoms with Crippen molar-refractivity contribution in [1.82, 2.24) is 4.90 Å². The highest BCUT2D eigenvalue weighted by Crippen LogP contribution is 2.18. The monoisotopic (exact) mass is 332 g/mol. The van der Waals surface area contributed by atoms with Crippen LogP contribution in [0.1, 0.15) is 32.1 Å². The number of likely N-dealkylation sites (tertiary alicyclic amines) is 1. The molecule has 1 N–H and O–H groups in total. The highest BCUT2D eigenvalue weighted by atomic mass is 16.5. The van der Waals surface area contributed by atoms with E-state index in [-0.39, 0.29) is 24.5 Å². The van der Waals surface area contributed by atoms with E-state index in [1.54, 1.807) is 17.0 Å². The molecule has 0 aliphatic carbocycles. The first-order chi connectivity index (χ1) is 11.7. The zero-order valence-corrected chi connectivity index (χ0v) is 13.8. The second-order valence-electron chi connectivity index (χ2n) is 6.29. The van der Waals surface area contributed by atoms with Gasteiger partial charge in [0.25, 0.3) is 0 Å². The molecule has 130 valence electrons. The number of rotatable bonds is 6. The molecular weight excluding hydrogens is 308 g/mol. The molecule has 24 heavy (non-hydrogen) atoms. The number of benzene rings is 1. The molecule has 1 aromatic rings. The Morgan fingerprint density at radius 2 is 2.08 bits per heavy atom. The Kier molecular flexibility index (Phi) is 5.69. The summed E-state index contributed by atoms with van der Waals surface area (Å²) in [5, 5.41) is 2.81. The summed E-state index contributed by atoms with van der Waals surface area (Å²) in [6.07, 6.45) is 4.93. The van der Waals surface area contributed by atoms with Crippen LogP contribution < -0.4 is 10.1 Å². The van der Waals surface area contributed by atoms with Gasteiger partial charge in [0.15, 0.2) is 0 Å². The summed E-state index contributed by atoms with van der Waals surface area (Å²) in [4.78, 5) is 25.1. The number of carbonyl (C=O) groups is 2. The van der Waals surface area contributed by atoms with E-state index in [4.69, 9.17) is 9.47 Å². The third-order valence-electron chi connectivity index (χ3n) is 4.35. The standard InChI is InChI=1S/C18H24N2O4/c21-17(12-20-10-3-5-18(20)22)19-14-6-8-15(9-7-14)24-13-16-4-1-2-11-23-16/h6-9,16H,1-5,10-13H2,(H,19,21). The minimum atomic E-state index is -0.172. The van der Waals surface area contributed by atoms with Crippen LogP contribution in [0.3, 0.4) is 0 Å². The van der Waals surface area contributed by atoms with Crippen molar-refractivity contribution in [3.63, 3.8) is 0 Å². The summed E-state index contributed by atoms with van der Waals surface area (Å²) < 4.78 is 11.4. The Morgan fingerprint density at radius 3 is 2.75 bits per heavy atom. The zero-order chi connectivity index (χ0) is 16.8. The molecule has 2 amide bonds. The number of nitrogens with zero attached hydrogens (tertiary/aromatic N) is 1. The molecule has 0 bridgehead atoms. The van der Waals surface area contributed by atoms with Gasteiger partial charge >= 0.3 is 0 Å². The van der Waals surface area contributed by atoms with Crippen molar-refractivity contribution in [2.45, 2.75) is 38.2 Å². The Balaban J connectivity index is 1.43. The zero-order valence-electron chi connectivity index (χ0n) is 13.8. The number of carbonyl (C=O) groups excluding carboxylic acids is 2. The van der Waals surface area contributed by atoms with Gasteiger partial charge in [-0.05, 0) is 49.9 Å². The van der Waals surface area contributed by atoms with Crippen LogP contribution in [0.25, 0.3) is 0 Å². The van der Waals surface area contributed by atoms with E-state index in [1.165, 1.54) is 6.42 Å². The number of anilines is 1. The summed E-state index contributed by atoms with van der Waals surface area (Å²) >= 11 is 0. The molecule has 6 heteroatoms. The van der Waals surface area contributed by atoms with Crippen molar-refractivity contribution in [1.29, 1.82) is 0 Å². The van der Waals surface area contributed by atoms with Crippen molar-refractivity contribution >= 4 is 17.5 Å². The van der Waals surface area contributed by atoms with Crippen LogP contribution in [0, 0.1) is 0 Å². The molecule has 0 spiro atoms. The number of hydrogen-bond acceptors (Lipinski definition) is 4. The Bertz CT molecular complexity index is 567. The summed E-state index contributed by atoms with van der Waals surface area (Å²) in [6, 6.07) is 7.28. The minimum Gasteiger partial charge on any atom is -0.491 e. The summed E-state index contributed by atoms with van der Waals surface area (Å²) in [5.41, 5.74) is 0.702. The molecule has 2 aliphatic heterocycles. The molecule has 1 unspecified atom stereocenters. The Hall–Kier alpha value is -2.08. The molecular formula is C18H24N2O4. The van der Waals surface area contributed by atoms with Gasteiger partial charge in [0.1, 0.15) is 12.4 Å². The molecule has 2 saturated heterocycles. The fourth-order valence-corrected chi connectivity index (χ4v) is 3.01. The van der Waals surface area contributed by atoms with Crippen LogP contribution in [0.4, 0.5) is 5.69 Å². The Labute approximate surface area is 142 Å². The lowest BCUT2D eigenvalue weighted by Crippen LogP contribution is -2.33. The molecule has 1 aromatic carbocycles. The molecule has 0 radical (unpaired) electrons. The topological polar surface area (TPSA) is 67.9 Å². The molecule has 1 atom stereocenters. The van der Waals surface area contributed by atoms with Crippen LogP contribution in [0.5, 0.6) is 5.75 Å². The lowest BCUT2D eigenvalue weighted by molar-refractivity contribution is -0.131. The maximum absolute atomic E-state index is 12.0. The predicted octanol–water partition coefficient (Wildman–Crippen LogP) is 2.20. The van der Waals surface area contributed by atoms with Crippen LogP contribution in [-0.2, 0) is 14.3 Å². The highest BCUT2D eigenvalue weighted by Gasteiger charge is 2.22. The highest BCUT2D eigenvalue weighted by molar-refractivity contribution is 5.94. The normalized spacial score (nSPS) is 20.9. The van der Waals surface area contributed by atoms with Gasteiger partial charge in [0, 0.05) is 25.3 Å². The molecule has 0 aromatic heterocycles. The van der Waals surface area contributed by atoms with Crippen molar-refractivity contribution in [3.8, 4) is 5.75 Å². The summed E-state index contributed by atoms with van der Waals surface area (Å²) in [7, 11) is 0. The maximum atomic E-state index is 12.0. The van der Waals surface area contributed by atoms with E-state index >= 15 is 0 Å². The molecule has 2 fully saturated rings. The van der Waals surface area contributed by atoms with Gasteiger partial charge in [-0.15, -0.1) is 0 Å². The van der Waals surface area contributed by atoms with Gasteiger partial charge < -0.3 is 19.7 Å². The van der Waals surface area contributed by atoms with E-state index in [0.29, 0.717) is 25.3 Å². The largest absolute Gasteiger partial charge is 0.491 e. The minimum absolute atomic E-state index is 0.0545. The average Bonchev–Trinajstić information content (AvgIpc) is 3.00. The van der Waals surface area contributed by atoms with Crippen LogP contribution >= 0.6 is 0 Å². The van der Waals surface area contributed by atoms with Gasteiger partial charge in [-0.1, -0.05) is 0 Å². The second-order valence-corrected chi connectivity index (χ2v) is 6.29. The van der Waals surface area contributed by atoms with Crippen LogP contribution in [0.15, 0.2) is 24.3 Å². The number of nitrogens with one attached hydrogen (secondary N) is 1. The molecule has 2 aliphatic rings. The lowest BCUT2D eigenvalue weighted by Gasteiger charge is -2.22. The van der Waals surface area contributed by atoms with Gasteiger partial charge in [-0.25, -0.2) is 0 Å². The van der Waals surface area contributed by atoms with E-state index in [2.05, 4.69) is 5.32 Å². The molecule has 6 nitrogen and oxygen atoms in total. The molecule has 0 saturated carbocycles. The molecule has 3 rings (SSSR count). The van der Waals surface area contributed by atoms with Gasteiger partial charge in [-0.2, -0.15) is 0 Å². The maximum Gasteiger partial charge on any atom is 0.243 e. The fraction of sp³-hybridized carbons (Fsp3) is 0.556. The second kappa shape index (κ2) is 8.15. The third-order valence-corrected chi connectivity index (χ3v) is 4.35. The quantitative estimate of drug-likeness (QED) is 0.867. The van der Waals surface area contributed by atoms with Crippen LogP contribution in [0.2, 0.25) is 0 Å². The van der Waals surface area contributed by atoms with Gasteiger partial charge in [-0.3, -0.25) is 9.59 Å². The SMILES string of the molecule is O=C(CN1CCCC1=O)Nc1ccc(OCC2CCCCO2)cc1. The molecule has 2 heterocycles. The first kappa shape index (κ1) is 16.8. The Morgan fingerprint density at radius 1 is 1.25 bits per heavy atom. The fourth-order valence-electron chi connectivity index (χ4n) is 3.01. The number of hydrogen-bond donors (Lipinski definition) is 1. The van der Waals surface area contributed by atoms with Crippen molar-refractivity contribution in [2.75, 3.05) is 31.6 Å². The summed E-state index contributed by atoms with van der Waals surface area (Å²) in [5.74, 6) is 0.644. The predicted molar refractivity (Wildman–Crippen MR) is 90.0 cm³/mol. The van der Waals surface area contributed by atoms with Crippen LogP contribution in [-0.4, -0.2) is 49.1 Å². The van der Waals surface area contributed by atoms with Crippen molar-refractivity contribution in [2.24, 2.45) is 0 Å². The van der Waals surface area contributed by atoms with Gasteiger partial charge in [0.2, 0.25) is 11.8 Å².